The Kier molecular flexibility index (Phi) is 3.82. The van der Waals surface area contributed by atoms with Gasteiger partial charge in [-0.2, -0.15) is 5.26 Å². The minimum absolute atomic E-state index is 0.299. The second-order valence-electron chi connectivity index (χ2n) is 4.74. The minimum atomic E-state index is -0.962. The van der Waals surface area contributed by atoms with Crippen LogP contribution < -0.4 is 0 Å². The van der Waals surface area contributed by atoms with Crippen molar-refractivity contribution in [3.63, 3.8) is 0 Å². The molecule has 0 saturated heterocycles. The SMILES string of the molecule is N#CC1=C(c2ccc(Br)cc2)OC(O)C[C@H]1c1ccco1. The van der Waals surface area contributed by atoms with E-state index in [2.05, 4.69) is 22.0 Å². The van der Waals surface area contributed by atoms with Crippen molar-refractivity contribution in [2.24, 2.45) is 0 Å². The molecule has 0 saturated carbocycles. The standard InChI is InChI=1S/C16H12BrNO3/c17-11-5-3-10(4-6-11)16-13(9-18)12(8-15(19)21-16)14-2-1-7-20-14/h1-7,12,15,19H,8H2/t12-,15?/m1/s1. The number of nitriles is 1. The molecular weight excluding hydrogens is 334 g/mol. The van der Waals surface area contributed by atoms with E-state index in [9.17, 15) is 10.4 Å². The summed E-state index contributed by atoms with van der Waals surface area (Å²) < 4.78 is 11.8. The van der Waals surface area contributed by atoms with Gasteiger partial charge in [0.05, 0.1) is 23.8 Å². The fraction of sp³-hybridized carbons (Fsp3) is 0.188. The molecule has 0 amide bonds. The van der Waals surface area contributed by atoms with Crippen LogP contribution in [-0.4, -0.2) is 11.4 Å². The number of halogens is 1. The van der Waals surface area contributed by atoms with Crippen molar-refractivity contribution in [2.75, 3.05) is 0 Å². The number of aliphatic hydroxyl groups is 1. The van der Waals surface area contributed by atoms with Crippen LogP contribution in [0.3, 0.4) is 0 Å². The Balaban J connectivity index is 2.10. The normalized spacial score (nSPS) is 21.8. The number of allylic oxidation sites excluding steroid dienone is 1. The van der Waals surface area contributed by atoms with Crippen molar-refractivity contribution in [1.82, 2.24) is 0 Å². The lowest BCUT2D eigenvalue weighted by Gasteiger charge is -2.28. The van der Waals surface area contributed by atoms with Crippen LogP contribution in [0.1, 0.15) is 23.7 Å². The molecule has 1 aromatic heterocycles. The minimum Gasteiger partial charge on any atom is -0.469 e. The van der Waals surface area contributed by atoms with E-state index in [4.69, 9.17) is 9.15 Å². The van der Waals surface area contributed by atoms with Gasteiger partial charge in [-0.15, -0.1) is 0 Å². The Morgan fingerprint density at radius 1 is 1.24 bits per heavy atom. The van der Waals surface area contributed by atoms with Gasteiger partial charge < -0.3 is 14.3 Å². The maximum atomic E-state index is 9.96. The highest BCUT2D eigenvalue weighted by molar-refractivity contribution is 9.10. The molecule has 106 valence electrons. The predicted octanol–water partition coefficient (Wildman–Crippen LogP) is 3.80. The second kappa shape index (κ2) is 5.76. The third-order valence-electron chi connectivity index (χ3n) is 3.40. The van der Waals surface area contributed by atoms with Gasteiger partial charge in [-0.1, -0.05) is 28.1 Å². The summed E-state index contributed by atoms with van der Waals surface area (Å²) in [7, 11) is 0. The third-order valence-corrected chi connectivity index (χ3v) is 3.93. The summed E-state index contributed by atoms with van der Waals surface area (Å²) in [4.78, 5) is 0. The van der Waals surface area contributed by atoms with Crippen molar-refractivity contribution < 1.29 is 14.3 Å². The molecule has 1 N–H and O–H groups in total. The van der Waals surface area contributed by atoms with Gasteiger partial charge in [-0.05, 0) is 24.3 Å². The first-order valence-corrected chi connectivity index (χ1v) is 7.26. The third kappa shape index (κ3) is 2.73. The molecule has 21 heavy (non-hydrogen) atoms. The van der Waals surface area contributed by atoms with Gasteiger partial charge in [-0.25, -0.2) is 0 Å². The van der Waals surface area contributed by atoms with Crippen LogP contribution in [0.2, 0.25) is 0 Å². The fourth-order valence-corrected chi connectivity index (χ4v) is 2.69. The molecule has 0 aliphatic carbocycles. The van der Waals surface area contributed by atoms with Crippen molar-refractivity contribution >= 4 is 21.7 Å². The number of hydrogen-bond donors (Lipinski definition) is 1. The molecule has 0 fully saturated rings. The highest BCUT2D eigenvalue weighted by Gasteiger charge is 2.33. The monoisotopic (exact) mass is 345 g/mol. The molecular formula is C16H12BrNO3. The molecule has 1 unspecified atom stereocenters. The van der Waals surface area contributed by atoms with Gasteiger partial charge in [0.25, 0.3) is 0 Å². The van der Waals surface area contributed by atoms with Crippen LogP contribution in [0.4, 0.5) is 0 Å². The van der Waals surface area contributed by atoms with Crippen LogP contribution in [-0.2, 0) is 4.74 Å². The lowest BCUT2D eigenvalue weighted by molar-refractivity contribution is -0.0557. The van der Waals surface area contributed by atoms with Crippen molar-refractivity contribution in [3.8, 4) is 6.07 Å². The molecule has 5 heteroatoms. The summed E-state index contributed by atoms with van der Waals surface area (Å²) in [6.07, 6.45) is 0.901. The van der Waals surface area contributed by atoms with Crippen LogP contribution in [0.25, 0.3) is 5.76 Å². The van der Waals surface area contributed by atoms with Gasteiger partial charge in [0, 0.05) is 16.5 Å². The van der Waals surface area contributed by atoms with Gasteiger partial charge in [0.15, 0.2) is 6.29 Å². The average molecular weight is 346 g/mol. The summed E-state index contributed by atoms with van der Waals surface area (Å²) in [5.41, 5.74) is 1.22. The van der Waals surface area contributed by atoms with Gasteiger partial charge in [0.1, 0.15) is 11.5 Å². The zero-order valence-electron chi connectivity index (χ0n) is 11.0. The highest BCUT2D eigenvalue weighted by Crippen LogP contribution is 2.40. The zero-order chi connectivity index (χ0) is 14.8. The Morgan fingerprint density at radius 2 is 2.00 bits per heavy atom. The van der Waals surface area contributed by atoms with E-state index in [1.54, 1.807) is 18.4 Å². The average Bonchev–Trinajstić information content (AvgIpc) is 3.01. The number of aliphatic hydroxyl groups excluding tert-OH is 1. The van der Waals surface area contributed by atoms with Gasteiger partial charge in [-0.3, -0.25) is 0 Å². The van der Waals surface area contributed by atoms with E-state index in [0.29, 0.717) is 23.5 Å². The lowest BCUT2D eigenvalue weighted by atomic mass is 9.89. The Hall–Kier alpha value is -2.03. The molecule has 1 aliphatic rings. The smallest absolute Gasteiger partial charge is 0.198 e. The number of ether oxygens (including phenoxy) is 1. The van der Waals surface area contributed by atoms with Crippen LogP contribution in [0, 0.1) is 11.3 Å². The maximum absolute atomic E-state index is 9.96. The maximum Gasteiger partial charge on any atom is 0.198 e. The molecule has 2 atom stereocenters. The molecule has 3 rings (SSSR count). The molecule has 0 spiro atoms. The zero-order valence-corrected chi connectivity index (χ0v) is 12.6. The van der Waals surface area contributed by atoms with E-state index < -0.39 is 6.29 Å². The fourth-order valence-electron chi connectivity index (χ4n) is 2.43. The van der Waals surface area contributed by atoms with Gasteiger partial charge >= 0.3 is 0 Å². The van der Waals surface area contributed by atoms with Crippen LogP contribution >= 0.6 is 15.9 Å². The first kappa shape index (κ1) is 13.9. The Labute approximate surface area is 130 Å². The molecule has 0 radical (unpaired) electrons. The summed E-state index contributed by atoms with van der Waals surface area (Å²) in [6.45, 7) is 0. The molecule has 2 aromatic rings. The Bertz CT molecular complexity index is 698. The number of furan rings is 1. The Morgan fingerprint density at radius 3 is 2.62 bits per heavy atom. The van der Waals surface area contributed by atoms with Crippen LogP contribution in [0.5, 0.6) is 0 Å². The van der Waals surface area contributed by atoms with Crippen LogP contribution in [0.15, 0.2) is 57.1 Å². The molecule has 0 bridgehead atoms. The largest absolute Gasteiger partial charge is 0.469 e. The number of rotatable bonds is 2. The van der Waals surface area contributed by atoms with E-state index in [-0.39, 0.29) is 5.92 Å². The topological polar surface area (TPSA) is 66.4 Å². The summed E-state index contributed by atoms with van der Waals surface area (Å²) in [5, 5.41) is 19.5. The summed E-state index contributed by atoms with van der Waals surface area (Å²) in [6, 6.07) is 13.2. The van der Waals surface area contributed by atoms with Crippen molar-refractivity contribution in [2.45, 2.75) is 18.6 Å². The second-order valence-corrected chi connectivity index (χ2v) is 5.65. The van der Waals surface area contributed by atoms with E-state index in [1.807, 2.05) is 24.3 Å². The first-order chi connectivity index (χ1) is 10.2. The van der Waals surface area contributed by atoms with E-state index >= 15 is 0 Å². The van der Waals surface area contributed by atoms with E-state index in [1.165, 1.54) is 0 Å². The van der Waals surface area contributed by atoms with Crippen molar-refractivity contribution in [1.29, 1.82) is 5.26 Å². The van der Waals surface area contributed by atoms with Crippen molar-refractivity contribution in [3.05, 3.63) is 64.0 Å². The number of benzene rings is 1. The summed E-state index contributed by atoms with van der Waals surface area (Å²) in [5.74, 6) is 0.765. The molecule has 2 heterocycles. The predicted molar refractivity (Wildman–Crippen MR) is 79.8 cm³/mol. The molecule has 1 aromatic carbocycles. The first-order valence-electron chi connectivity index (χ1n) is 6.47. The molecule has 4 nitrogen and oxygen atoms in total. The molecule has 1 aliphatic heterocycles. The number of hydrogen-bond acceptors (Lipinski definition) is 4. The lowest BCUT2D eigenvalue weighted by Crippen LogP contribution is -2.23. The van der Waals surface area contributed by atoms with Gasteiger partial charge in [0.2, 0.25) is 0 Å². The quantitative estimate of drug-likeness (QED) is 0.898. The van der Waals surface area contributed by atoms with E-state index in [0.717, 1.165) is 10.0 Å². The highest BCUT2D eigenvalue weighted by atomic mass is 79.9. The number of nitrogens with zero attached hydrogens (tertiary/aromatic N) is 1. The summed E-state index contributed by atoms with van der Waals surface area (Å²) >= 11 is 3.37.